The lowest BCUT2D eigenvalue weighted by Crippen LogP contribution is -2.12. The van der Waals surface area contributed by atoms with Crippen LogP contribution in [0.4, 0.5) is 0 Å². The first kappa shape index (κ1) is 7.61. The monoisotopic (exact) mass is 179 g/mol. The molecule has 1 fully saturated rings. The van der Waals surface area contributed by atoms with E-state index in [1.54, 1.807) is 18.6 Å². The number of nitrogens with one attached hydrogen (secondary N) is 1. The minimum atomic E-state index is 0.422. The molecular formula is C8H9N3S. The van der Waals surface area contributed by atoms with Gasteiger partial charge in [0.15, 0.2) is 0 Å². The third-order valence-electron chi connectivity index (χ3n) is 1.98. The van der Waals surface area contributed by atoms with Crippen LogP contribution in [0.15, 0.2) is 18.6 Å². The van der Waals surface area contributed by atoms with Gasteiger partial charge in [-0.05, 0) is 0 Å². The second-order valence-corrected chi connectivity index (χ2v) is 3.33. The zero-order valence-electron chi connectivity index (χ0n) is 6.53. The highest BCUT2D eigenvalue weighted by atomic mass is 32.1. The predicted molar refractivity (Wildman–Crippen MR) is 50.0 cm³/mol. The summed E-state index contributed by atoms with van der Waals surface area (Å²) >= 11 is 5.04. The van der Waals surface area contributed by atoms with Crippen LogP contribution < -0.4 is 5.32 Å². The lowest BCUT2D eigenvalue weighted by atomic mass is 10.1. The molecule has 0 spiro atoms. The van der Waals surface area contributed by atoms with E-state index in [1.165, 1.54) is 0 Å². The first-order chi connectivity index (χ1) is 5.86. The van der Waals surface area contributed by atoms with Gasteiger partial charge in [-0.1, -0.05) is 12.2 Å². The molecule has 2 heterocycles. The molecule has 1 aromatic rings. The highest BCUT2D eigenvalue weighted by Gasteiger charge is 2.21. The van der Waals surface area contributed by atoms with E-state index in [4.69, 9.17) is 12.2 Å². The maximum absolute atomic E-state index is 5.04. The zero-order valence-corrected chi connectivity index (χ0v) is 7.34. The van der Waals surface area contributed by atoms with Gasteiger partial charge in [0.1, 0.15) is 0 Å². The summed E-state index contributed by atoms with van der Waals surface area (Å²) in [7, 11) is 0. The van der Waals surface area contributed by atoms with Gasteiger partial charge in [0.2, 0.25) is 0 Å². The van der Waals surface area contributed by atoms with Gasteiger partial charge in [-0.25, -0.2) is 0 Å². The normalized spacial score (nSPS) is 22.3. The van der Waals surface area contributed by atoms with E-state index < -0.39 is 0 Å². The third kappa shape index (κ3) is 1.43. The molecule has 1 aliphatic heterocycles. The molecule has 0 saturated carbocycles. The number of thiocarbonyl (C=S) groups is 1. The average molecular weight is 179 g/mol. The topological polar surface area (TPSA) is 37.8 Å². The number of nitrogens with zero attached hydrogens (tertiary/aromatic N) is 2. The van der Waals surface area contributed by atoms with Crippen LogP contribution in [0.2, 0.25) is 0 Å². The second kappa shape index (κ2) is 3.15. The molecule has 0 aromatic carbocycles. The van der Waals surface area contributed by atoms with Crippen molar-refractivity contribution < 1.29 is 0 Å². The lowest BCUT2D eigenvalue weighted by Gasteiger charge is -2.03. The summed E-state index contributed by atoms with van der Waals surface area (Å²) in [5.74, 6) is 0.422. The third-order valence-corrected chi connectivity index (χ3v) is 2.29. The molecule has 1 aliphatic rings. The van der Waals surface area contributed by atoms with E-state index in [2.05, 4.69) is 15.3 Å². The molecule has 1 atom stereocenters. The van der Waals surface area contributed by atoms with E-state index >= 15 is 0 Å². The Morgan fingerprint density at radius 2 is 2.42 bits per heavy atom. The summed E-state index contributed by atoms with van der Waals surface area (Å²) in [6.07, 6.45) is 6.12. The number of hydrogen-bond donors (Lipinski definition) is 1. The zero-order chi connectivity index (χ0) is 8.39. The Kier molecular flexibility index (Phi) is 1.99. The van der Waals surface area contributed by atoms with Crippen LogP contribution in [0.5, 0.6) is 0 Å². The predicted octanol–water partition coefficient (Wildman–Crippen LogP) is 0.881. The van der Waals surface area contributed by atoms with Crippen molar-refractivity contribution in [1.29, 1.82) is 0 Å². The van der Waals surface area contributed by atoms with E-state index in [0.29, 0.717) is 5.92 Å². The van der Waals surface area contributed by atoms with Crippen molar-refractivity contribution in [2.75, 3.05) is 6.54 Å². The first-order valence-corrected chi connectivity index (χ1v) is 4.29. The van der Waals surface area contributed by atoms with Crippen LogP contribution in [0.25, 0.3) is 0 Å². The SMILES string of the molecule is S=C1CC(c2cnccn2)CN1. The Morgan fingerprint density at radius 1 is 1.50 bits per heavy atom. The Bertz CT molecular complexity index is 286. The van der Waals surface area contributed by atoms with Crippen LogP contribution >= 0.6 is 12.2 Å². The van der Waals surface area contributed by atoms with Gasteiger partial charge in [-0.3, -0.25) is 9.97 Å². The Morgan fingerprint density at radius 3 is 3.00 bits per heavy atom. The summed E-state index contributed by atoms with van der Waals surface area (Å²) < 4.78 is 0. The van der Waals surface area contributed by atoms with Gasteiger partial charge >= 0.3 is 0 Å². The molecule has 3 nitrogen and oxygen atoms in total. The van der Waals surface area contributed by atoms with Crippen molar-refractivity contribution in [2.24, 2.45) is 0 Å². The molecule has 1 saturated heterocycles. The molecule has 2 rings (SSSR count). The average Bonchev–Trinajstić information content (AvgIpc) is 2.54. The van der Waals surface area contributed by atoms with Crippen LogP contribution in [0, 0.1) is 0 Å². The minimum absolute atomic E-state index is 0.422. The summed E-state index contributed by atoms with van der Waals surface area (Å²) in [6.45, 7) is 0.900. The molecule has 1 aromatic heterocycles. The van der Waals surface area contributed by atoms with E-state index in [0.717, 1.165) is 23.6 Å². The molecule has 12 heavy (non-hydrogen) atoms. The van der Waals surface area contributed by atoms with Crippen LogP contribution in [0.1, 0.15) is 18.0 Å². The molecule has 0 amide bonds. The maximum Gasteiger partial charge on any atom is 0.0761 e. The van der Waals surface area contributed by atoms with E-state index in [9.17, 15) is 0 Å². The van der Waals surface area contributed by atoms with E-state index in [1.807, 2.05) is 0 Å². The van der Waals surface area contributed by atoms with E-state index in [-0.39, 0.29) is 0 Å². The van der Waals surface area contributed by atoms with Crippen LogP contribution in [0.3, 0.4) is 0 Å². The van der Waals surface area contributed by atoms with Gasteiger partial charge in [0, 0.05) is 37.5 Å². The van der Waals surface area contributed by atoms with Crippen LogP contribution in [-0.4, -0.2) is 21.5 Å². The highest BCUT2D eigenvalue weighted by molar-refractivity contribution is 7.80. The second-order valence-electron chi connectivity index (χ2n) is 2.84. The van der Waals surface area contributed by atoms with Gasteiger partial charge in [0.25, 0.3) is 0 Å². The van der Waals surface area contributed by atoms with Crippen molar-refractivity contribution >= 4 is 17.2 Å². The van der Waals surface area contributed by atoms with Gasteiger partial charge in [-0.2, -0.15) is 0 Å². The molecule has 62 valence electrons. The van der Waals surface area contributed by atoms with Gasteiger partial charge < -0.3 is 5.32 Å². The molecule has 4 heteroatoms. The smallest absolute Gasteiger partial charge is 0.0761 e. The fraction of sp³-hybridized carbons (Fsp3) is 0.375. The van der Waals surface area contributed by atoms with Crippen molar-refractivity contribution in [3.63, 3.8) is 0 Å². The maximum atomic E-state index is 5.04. The number of hydrogen-bond acceptors (Lipinski definition) is 3. The van der Waals surface area contributed by atoms with Crippen molar-refractivity contribution in [3.8, 4) is 0 Å². The molecule has 1 unspecified atom stereocenters. The molecule has 0 bridgehead atoms. The Hall–Kier alpha value is -1.03. The largest absolute Gasteiger partial charge is 0.379 e. The van der Waals surface area contributed by atoms with Gasteiger partial charge in [-0.15, -0.1) is 0 Å². The lowest BCUT2D eigenvalue weighted by molar-refractivity contribution is 0.730. The van der Waals surface area contributed by atoms with Crippen molar-refractivity contribution in [3.05, 3.63) is 24.3 Å². The molecular weight excluding hydrogens is 170 g/mol. The standard InChI is InChI=1S/C8H9N3S/c12-8-3-6(4-11-8)7-5-9-1-2-10-7/h1-2,5-6H,3-4H2,(H,11,12). The quantitative estimate of drug-likeness (QED) is 0.649. The summed E-state index contributed by atoms with van der Waals surface area (Å²) in [4.78, 5) is 9.19. The summed E-state index contributed by atoms with van der Waals surface area (Å²) in [5, 5.41) is 3.13. The van der Waals surface area contributed by atoms with Gasteiger partial charge in [0.05, 0.1) is 10.7 Å². The summed E-state index contributed by atoms with van der Waals surface area (Å²) in [6, 6.07) is 0. The van der Waals surface area contributed by atoms with Crippen LogP contribution in [-0.2, 0) is 0 Å². The fourth-order valence-corrected chi connectivity index (χ4v) is 1.62. The minimum Gasteiger partial charge on any atom is -0.379 e. The van der Waals surface area contributed by atoms with Crippen molar-refractivity contribution in [1.82, 2.24) is 15.3 Å². The number of rotatable bonds is 1. The fourth-order valence-electron chi connectivity index (χ4n) is 1.34. The molecule has 0 aliphatic carbocycles. The van der Waals surface area contributed by atoms with Crippen molar-refractivity contribution in [2.45, 2.75) is 12.3 Å². The molecule has 0 radical (unpaired) electrons. The highest BCUT2D eigenvalue weighted by Crippen LogP contribution is 2.20. The Balaban J connectivity index is 2.16. The summed E-state index contributed by atoms with van der Waals surface area (Å²) in [5.41, 5.74) is 1.03. The molecule has 1 N–H and O–H groups in total. The Labute approximate surface area is 76.2 Å². The first-order valence-electron chi connectivity index (χ1n) is 3.89. The number of aromatic nitrogens is 2.